The van der Waals surface area contributed by atoms with E-state index in [1.54, 1.807) is 0 Å². The Labute approximate surface area is 170 Å². The molecule has 0 bridgehead atoms. The zero-order valence-electron chi connectivity index (χ0n) is 16.0. The monoisotopic (exact) mass is 400 g/mol. The number of Topliss-reactive ketones (excluding diaryl/α,β-unsaturated/α-hetero) is 1. The van der Waals surface area contributed by atoms with Gasteiger partial charge in [-0.05, 0) is 43.4 Å². The molecule has 6 nitrogen and oxygen atoms in total. The number of carbonyl (C=O) groups excluding carboxylic acids is 1. The average Bonchev–Trinajstić information content (AvgIpc) is 3.48. The molecule has 7 heteroatoms. The Bertz CT molecular complexity index is 864. The Kier molecular flexibility index (Phi) is 5.51. The maximum atomic E-state index is 12.1. The highest BCUT2D eigenvalue weighted by molar-refractivity contribution is 6.31. The number of nitrogens with two attached hydrogens (primary N) is 1. The molecule has 2 fully saturated rings. The molecule has 148 valence electrons. The lowest BCUT2D eigenvalue weighted by molar-refractivity contribution is -0.119. The van der Waals surface area contributed by atoms with E-state index in [-0.39, 0.29) is 17.9 Å². The Morgan fingerprint density at radius 1 is 1.32 bits per heavy atom. The molecule has 28 heavy (non-hydrogen) atoms. The third-order valence-corrected chi connectivity index (χ3v) is 5.65. The number of ether oxygens (including phenoxy) is 1. The fourth-order valence-electron chi connectivity index (χ4n) is 3.73. The summed E-state index contributed by atoms with van der Waals surface area (Å²) in [6.07, 6.45) is 3.41. The van der Waals surface area contributed by atoms with E-state index in [0.717, 1.165) is 48.4 Å². The smallest absolute Gasteiger partial charge is 0.222 e. The van der Waals surface area contributed by atoms with E-state index in [9.17, 15) is 4.79 Å². The molecule has 0 amide bonds. The summed E-state index contributed by atoms with van der Waals surface area (Å²) in [5.41, 5.74) is 8.64. The first-order chi connectivity index (χ1) is 13.5. The fraction of sp³-hybridized carbons (Fsp3) is 0.476. The lowest BCUT2D eigenvalue weighted by Crippen LogP contribution is -2.32. The predicted octanol–water partition coefficient (Wildman–Crippen LogP) is 3.51. The number of carbonyl (C=O) groups is 1. The van der Waals surface area contributed by atoms with Crippen molar-refractivity contribution in [3.8, 4) is 0 Å². The van der Waals surface area contributed by atoms with E-state index in [1.807, 2.05) is 31.2 Å². The zero-order chi connectivity index (χ0) is 19.7. The van der Waals surface area contributed by atoms with Crippen LogP contribution in [-0.4, -0.2) is 35.5 Å². The van der Waals surface area contributed by atoms with E-state index in [1.165, 1.54) is 0 Å². The third kappa shape index (κ3) is 4.28. The van der Waals surface area contributed by atoms with E-state index in [0.29, 0.717) is 30.4 Å². The summed E-state index contributed by atoms with van der Waals surface area (Å²) in [7, 11) is 0. The van der Waals surface area contributed by atoms with Crippen molar-refractivity contribution >= 4 is 29.2 Å². The molecule has 0 radical (unpaired) electrons. The number of aryl methyl sites for hydroxylation is 1. The zero-order valence-corrected chi connectivity index (χ0v) is 16.8. The van der Waals surface area contributed by atoms with Crippen LogP contribution in [0, 0.1) is 12.8 Å². The van der Waals surface area contributed by atoms with Crippen LogP contribution in [0.25, 0.3) is 0 Å². The number of hydrogen-bond donors (Lipinski definition) is 1. The van der Waals surface area contributed by atoms with Crippen molar-refractivity contribution in [3.63, 3.8) is 0 Å². The van der Waals surface area contributed by atoms with Gasteiger partial charge in [0, 0.05) is 42.3 Å². The molecule has 2 heterocycles. The molecule has 2 aromatic rings. The van der Waals surface area contributed by atoms with Crippen LogP contribution in [0.15, 0.2) is 24.3 Å². The molecule has 0 unspecified atom stereocenters. The molecule has 0 spiro atoms. The van der Waals surface area contributed by atoms with Gasteiger partial charge < -0.3 is 15.4 Å². The summed E-state index contributed by atoms with van der Waals surface area (Å²) < 4.78 is 5.83. The number of nitrogens with zero attached hydrogens (tertiary/aromatic N) is 3. The van der Waals surface area contributed by atoms with Crippen LogP contribution in [0.4, 0.5) is 11.8 Å². The van der Waals surface area contributed by atoms with Gasteiger partial charge in [-0.2, -0.15) is 4.98 Å². The van der Waals surface area contributed by atoms with Crippen molar-refractivity contribution in [2.75, 3.05) is 30.4 Å². The number of hydrogen-bond acceptors (Lipinski definition) is 6. The number of halogens is 1. The number of nitrogen functional groups attached to an aromatic ring is 1. The fourth-order valence-corrected chi connectivity index (χ4v) is 4.06. The molecular formula is C21H25ClN4O2. The van der Waals surface area contributed by atoms with Crippen LogP contribution in [0.1, 0.15) is 42.1 Å². The summed E-state index contributed by atoms with van der Waals surface area (Å²) in [6, 6.07) is 7.80. The van der Waals surface area contributed by atoms with Crippen molar-refractivity contribution in [1.29, 1.82) is 0 Å². The molecule has 1 saturated carbocycles. The lowest BCUT2D eigenvalue weighted by Gasteiger charge is -2.31. The molecule has 1 aromatic carbocycles. The second-order valence-electron chi connectivity index (χ2n) is 7.64. The summed E-state index contributed by atoms with van der Waals surface area (Å²) in [5, 5.41) is 0.653. The lowest BCUT2D eigenvalue weighted by atomic mass is 10.00. The normalized spacial score (nSPS) is 20.1. The molecule has 1 aromatic heterocycles. The van der Waals surface area contributed by atoms with Crippen molar-refractivity contribution in [1.82, 2.24) is 9.97 Å². The number of rotatable bonds is 5. The first-order valence-electron chi connectivity index (χ1n) is 9.78. The van der Waals surface area contributed by atoms with E-state index < -0.39 is 0 Å². The van der Waals surface area contributed by atoms with Crippen molar-refractivity contribution in [2.24, 2.45) is 5.92 Å². The standard InChI is InChI=1S/C21H25ClN4O2/c1-13-9-20(25-21(23)24-13)26-7-2-8-28-12-18(26)16-6-3-14(10-17(16)22)11-19(27)15-4-5-15/h3,6,9-10,15,18H,2,4-5,7-8,11-12H2,1H3,(H2,23,24,25)/t18-/m1/s1. The minimum atomic E-state index is -0.0723. The predicted molar refractivity (Wildman–Crippen MR) is 110 cm³/mol. The Hall–Kier alpha value is -2.18. The van der Waals surface area contributed by atoms with Gasteiger partial charge >= 0.3 is 0 Å². The van der Waals surface area contributed by atoms with Crippen LogP contribution >= 0.6 is 11.6 Å². The summed E-state index contributed by atoms with van der Waals surface area (Å²) in [6.45, 7) is 3.91. The van der Waals surface area contributed by atoms with Crippen molar-refractivity contribution < 1.29 is 9.53 Å². The largest absolute Gasteiger partial charge is 0.379 e. The molecule has 4 rings (SSSR count). The highest BCUT2D eigenvalue weighted by Gasteiger charge is 2.30. The van der Waals surface area contributed by atoms with Gasteiger partial charge in [0.1, 0.15) is 11.6 Å². The molecule has 1 saturated heterocycles. The third-order valence-electron chi connectivity index (χ3n) is 5.33. The minimum Gasteiger partial charge on any atom is -0.379 e. The minimum absolute atomic E-state index is 0.0723. The number of benzene rings is 1. The summed E-state index contributed by atoms with van der Waals surface area (Å²) >= 11 is 6.66. The maximum Gasteiger partial charge on any atom is 0.222 e. The van der Waals surface area contributed by atoms with Crippen LogP contribution in [0.5, 0.6) is 0 Å². The first kappa shape index (κ1) is 19.2. The van der Waals surface area contributed by atoms with Crippen molar-refractivity contribution in [3.05, 3.63) is 46.1 Å². The van der Waals surface area contributed by atoms with Gasteiger partial charge in [-0.15, -0.1) is 0 Å². The highest BCUT2D eigenvalue weighted by Crippen LogP contribution is 2.35. The number of aromatic nitrogens is 2. The number of anilines is 2. The second-order valence-corrected chi connectivity index (χ2v) is 8.04. The average molecular weight is 401 g/mol. The van der Waals surface area contributed by atoms with Crippen molar-refractivity contribution in [2.45, 2.75) is 38.6 Å². The van der Waals surface area contributed by atoms with Gasteiger partial charge in [-0.3, -0.25) is 4.79 Å². The van der Waals surface area contributed by atoms with Gasteiger partial charge in [0.05, 0.1) is 12.6 Å². The van der Waals surface area contributed by atoms with Gasteiger partial charge in [-0.1, -0.05) is 23.7 Å². The van der Waals surface area contributed by atoms with Crippen LogP contribution in [-0.2, 0) is 16.0 Å². The molecule has 1 aliphatic carbocycles. The molecule has 1 aliphatic heterocycles. The topological polar surface area (TPSA) is 81.3 Å². The van der Waals surface area contributed by atoms with Gasteiger partial charge in [-0.25, -0.2) is 4.98 Å². The summed E-state index contributed by atoms with van der Waals surface area (Å²) in [5.74, 6) is 1.62. The molecule has 2 aliphatic rings. The van der Waals surface area contributed by atoms with Crippen LogP contribution in [0.2, 0.25) is 5.02 Å². The van der Waals surface area contributed by atoms with Gasteiger partial charge in [0.15, 0.2) is 0 Å². The molecule has 1 atom stereocenters. The summed E-state index contributed by atoms with van der Waals surface area (Å²) in [4.78, 5) is 22.9. The first-order valence-corrected chi connectivity index (χ1v) is 10.2. The second kappa shape index (κ2) is 8.05. The maximum absolute atomic E-state index is 12.1. The quantitative estimate of drug-likeness (QED) is 0.827. The SMILES string of the molecule is Cc1cc(N2CCCOC[C@@H]2c2ccc(CC(=O)C3CC3)cc2Cl)nc(N)n1. The van der Waals surface area contributed by atoms with Crippen LogP contribution < -0.4 is 10.6 Å². The number of ketones is 1. The van der Waals surface area contributed by atoms with E-state index in [4.69, 9.17) is 22.1 Å². The van der Waals surface area contributed by atoms with Crippen LogP contribution in [0.3, 0.4) is 0 Å². The van der Waals surface area contributed by atoms with Gasteiger partial charge in [0.2, 0.25) is 5.95 Å². The van der Waals surface area contributed by atoms with E-state index >= 15 is 0 Å². The molecule has 2 N–H and O–H groups in total. The Morgan fingerprint density at radius 3 is 2.86 bits per heavy atom. The highest BCUT2D eigenvalue weighted by atomic mass is 35.5. The van der Waals surface area contributed by atoms with Gasteiger partial charge in [0.25, 0.3) is 0 Å². The Balaban J connectivity index is 1.63. The molecular weight excluding hydrogens is 376 g/mol. The Morgan fingerprint density at radius 2 is 2.14 bits per heavy atom. The van der Waals surface area contributed by atoms with E-state index in [2.05, 4.69) is 14.9 Å².